The van der Waals surface area contributed by atoms with E-state index < -0.39 is 6.10 Å². The second-order valence-electron chi connectivity index (χ2n) is 13.0. The summed E-state index contributed by atoms with van der Waals surface area (Å²) < 4.78 is 4.10. The van der Waals surface area contributed by atoms with E-state index in [9.17, 15) is 20.1 Å². The van der Waals surface area contributed by atoms with Gasteiger partial charge in [0.25, 0.3) is 0 Å². The minimum absolute atomic E-state index is 0.0110. The van der Waals surface area contributed by atoms with Crippen LogP contribution in [-0.4, -0.2) is 21.1 Å². The molecule has 0 spiro atoms. The number of ketones is 1. The molecule has 2 heterocycles. The van der Waals surface area contributed by atoms with E-state index in [1.165, 1.54) is 11.3 Å². The third-order valence-electron chi connectivity index (χ3n) is 9.49. The molecule has 0 fully saturated rings. The Morgan fingerprint density at radius 1 is 0.611 bits per heavy atom. The van der Waals surface area contributed by atoms with E-state index in [2.05, 4.69) is 44.0 Å². The summed E-state index contributed by atoms with van der Waals surface area (Å²) in [6.45, 7) is 3.98. The zero-order valence-electron chi connectivity index (χ0n) is 29.5. The van der Waals surface area contributed by atoms with Crippen molar-refractivity contribution in [2.75, 3.05) is 0 Å². The molecule has 0 saturated carbocycles. The number of thiophene rings is 2. The normalized spacial score (nSPS) is 11.8. The van der Waals surface area contributed by atoms with Crippen molar-refractivity contribution in [1.29, 1.82) is 0 Å². The molecular formula is C46H36Br2O4S2. The van der Waals surface area contributed by atoms with Crippen LogP contribution in [0.4, 0.5) is 0 Å². The van der Waals surface area contributed by atoms with Gasteiger partial charge in [0.15, 0.2) is 0 Å². The summed E-state index contributed by atoms with van der Waals surface area (Å²) in [6.07, 6.45) is -0.695. The second kappa shape index (κ2) is 16.6. The lowest BCUT2D eigenvalue weighted by Gasteiger charge is -2.15. The van der Waals surface area contributed by atoms with Gasteiger partial charge in [-0.1, -0.05) is 129 Å². The van der Waals surface area contributed by atoms with Crippen LogP contribution in [0, 0.1) is 13.8 Å². The maximum atomic E-state index is 13.4. The summed E-state index contributed by atoms with van der Waals surface area (Å²) in [4.78, 5) is 15.1. The molecular weight excluding hydrogens is 840 g/mol. The standard InChI is InChI=1S/C23H19BrO2S.C23H17BrO2S/c2*1-14-4-2-3-5-18(14)22(26)23-21(16-7-9-17(24)10-8-16)19-11-6-15(13-25)12-20(19)27-23/h2-12,22,25-26H,13H2,1H3;2-12,25H,13H2,1H3. The lowest BCUT2D eigenvalue weighted by atomic mass is 9.95. The fourth-order valence-electron chi connectivity index (χ4n) is 6.65. The molecule has 8 aromatic rings. The number of hydrogen-bond acceptors (Lipinski definition) is 6. The average molecular weight is 877 g/mol. The Bertz CT molecular complexity index is 2610. The number of rotatable bonds is 8. The Balaban J connectivity index is 0.000000167. The van der Waals surface area contributed by atoms with Crippen LogP contribution >= 0.6 is 54.5 Å². The minimum atomic E-state index is -0.695. The molecule has 270 valence electrons. The molecule has 0 aliphatic rings. The fourth-order valence-corrected chi connectivity index (χ4v) is 9.72. The Hall–Kier alpha value is -4.25. The van der Waals surface area contributed by atoms with Gasteiger partial charge in [-0.3, -0.25) is 4.79 Å². The maximum Gasteiger partial charge on any atom is 0.203 e. The lowest BCUT2D eigenvalue weighted by Crippen LogP contribution is -2.02. The molecule has 8 rings (SSSR count). The molecule has 0 saturated heterocycles. The first-order chi connectivity index (χ1) is 26.2. The molecule has 0 aliphatic heterocycles. The zero-order chi connectivity index (χ0) is 37.9. The zero-order valence-corrected chi connectivity index (χ0v) is 34.3. The lowest BCUT2D eigenvalue weighted by molar-refractivity contribution is 0.104. The molecule has 0 radical (unpaired) electrons. The third-order valence-corrected chi connectivity index (χ3v) is 12.9. The molecule has 0 bridgehead atoms. The van der Waals surface area contributed by atoms with Crippen LogP contribution in [0.1, 0.15) is 54.0 Å². The molecule has 0 aliphatic carbocycles. The Morgan fingerprint density at radius 2 is 1.11 bits per heavy atom. The number of aryl methyl sites for hydroxylation is 2. The minimum Gasteiger partial charge on any atom is -0.392 e. The molecule has 6 aromatic carbocycles. The van der Waals surface area contributed by atoms with Crippen molar-refractivity contribution < 1.29 is 20.1 Å². The van der Waals surface area contributed by atoms with Gasteiger partial charge in [0.2, 0.25) is 5.78 Å². The van der Waals surface area contributed by atoms with E-state index >= 15 is 0 Å². The number of fused-ring (bicyclic) bond motifs is 2. The van der Waals surface area contributed by atoms with E-state index in [0.29, 0.717) is 0 Å². The van der Waals surface area contributed by atoms with Crippen molar-refractivity contribution in [3.05, 3.63) is 186 Å². The van der Waals surface area contributed by atoms with Gasteiger partial charge in [0, 0.05) is 50.7 Å². The highest BCUT2D eigenvalue weighted by Gasteiger charge is 2.24. The maximum absolute atomic E-state index is 13.4. The molecule has 1 unspecified atom stereocenters. The number of halogens is 2. The smallest absolute Gasteiger partial charge is 0.203 e. The monoisotopic (exact) mass is 874 g/mol. The highest BCUT2D eigenvalue weighted by Crippen LogP contribution is 2.45. The van der Waals surface area contributed by atoms with Gasteiger partial charge < -0.3 is 15.3 Å². The summed E-state index contributed by atoms with van der Waals surface area (Å²) in [7, 11) is 0. The van der Waals surface area contributed by atoms with Crippen LogP contribution in [0.3, 0.4) is 0 Å². The first-order valence-corrected chi connectivity index (χ1v) is 20.6. The summed E-state index contributed by atoms with van der Waals surface area (Å²) >= 11 is 10.1. The van der Waals surface area contributed by atoms with Crippen molar-refractivity contribution in [1.82, 2.24) is 0 Å². The number of aliphatic hydroxyl groups is 3. The summed E-state index contributed by atoms with van der Waals surface area (Å²) in [5, 5.41) is 32.4. The fraction of sp³-hybridized carbons (Fsp3) is 0.109. The van der Waals surface area contributed by atoms with Crippen LogP contribution in [0.25, 0.3) is 42.4 Å². The van der Waals surface area contributed by atoms with Crippen LogP contribution in [0.2, 0.25) is 0 Å². The highest BCUT2D eigenvalue weighted by molar-refractivity contribution is 9.10. The number of carbonyl (C=O) groups excluding carboxylic acids is 1. The molecule has 3 N–H and O–H groups in total. The van der Waals surface area contributed by atoms with E-state index in [-0.39, 0.29) is 19.0 Å². The van der Waals surface area contributed by atoms with E-state index in [1.807, 2.05) is 135 Å². The number of aliphatic hydroxyl groups excluding tert-OH is 3. The second-order valence-corrected chi connectivity index (χ2v) is 17.0. The van der Waals surface area contributed by atoms with Gasteiger partial charge in [-0.2, -0.15) is 0 Å². The molecule has 2 aromatic heterocycles. The van der Waals surface area contributed by atoms with Crippen LogP contribution in [0.5, 0.6) is 0 Å². The first kappa shape index (κ1) is 38.0. The largest absolute Gasteiger partial charge is 0.392 e. The van der Waals surface area contributed by atoms with Crippen LogP contribution < -0.4 is 0 Å². The molecule has 8 heteroatoms. The number of benzene rings is 6. The molecule has 0 amide bonds. The quantitative estimate of drug-likeness (QED) is 0.133. The molecule has 4 nitrogen and oxygen atoms in total. The SMILES string of the molecule is Cc1ccccc1C(=O)c1sc2cc(CO)ccc2c1-c1ccc(Br)cc1.Cc1ccccc1C(O)c1sc2cc(CO)ccc2c1-c1ccc(Br)cc1. The van der Waals surface area contributed by atoms with Crippen molar-refractivity contribution in [3.63, 3.8) is 0 Å². The number of carbonyl (C=O) groups is 1. The van der Waals surface area contributed by atoms with Gasteiger partial charge in [0.1, 0.15) is 6.10 Å². The predicted octanol–water partition coefficient (Wildman–Crippen LogP) is 12.6. The summed E-state index contributed by atoms with van der Waals surface area (Å²) in [5.41, 5.74) is 9.52. The van der Waals surface area contributed by atoms with Crippen molar-refractivity contribution in [3.8, 4) is 22.3 Å². The van der Waals surface area contributed by atoms with Gasteiger partial charge in [-0.25, -0.2) is 0 Å². The van der Waals surface area contributed by atoms with E-state index in [0.717, 1.165) is 94.5 Å². The van der Waals surface area contributed by atoms with Crippen LogP contribution in [-0.2, 0) is 13.2 Å². The topological polar surface area (TPSA) is 77.8 Å². The Morgan fingerprint density at radius 3 is 1.67 bits per heavy atom. The average Bonchev–Trinajstić information content (AvgIpc) is 3.77. The summed E-state index contributed by atoms with van der Waals surface area (Å²) in [6, 6.07) is 43.7. The number of hydrogen-bond donors (Lipinski definition) is 3. The van der Waals surface area contributed by atoms with Crippen molar-refractivity contribution >= 4 is 80.5 Å². The first-order valence-electron chi connectivity index (χ1n) is 17.3. The molecule has 1 atom stereocenters. The van der Waals surface area contributed by atoms with Crippen molar-refractivity contribution in [2.45, 2.75) is 33.2 Å². The predicted molar refractivity (Wildman–Crippen MR) is 232 cm³/mol. The Labute approximate surface area is 339 Å². The third kappa shape index (κ3) is 7.79. The van der Waals surface area contributed by atoms with E-state index in [4.69, 9.17) is 0 Å². The van der Waals surface area contributed by atoms with Gasteiger partial charge in [0.05, 0.1) is 18.1 Å². The van der Waals surface area contributed by atoms with E-state index in [1.54, 1.807) is 11.3 Å². The highest BCUT2D eigenvalue weighted by atomic mass is 79.9. The van der Waals surface area contributed by atoms with Gasteiger partial charge in [-0.05, 0) is 89.2 Å². The van der Waals surface area contributed by atoms with Crippen molar-refractivity contribution in [2.24, 2.45) is 0 Å². The van der Waals surface area contributed by atoms with Crippen LogP contribution in [0.15, 0.2) is 142 Å². The Kier molecular flexibility index (Phi) is 11.7. The van der Waals surface area contributed by atoms with Gasteiger partial charge >= 0.3 is 0 Å². The van der Waals surface area contributed by atoms with Gasteiger partial charge in [-0.15, -0.1) is 22.7 Å². The summed E-state index contributed by atoms with van der Waals surface area (Å²) in [5.74, 6) is 0.0396. The molecule has 54 heavy (non-hydrogen) atoms.